The summed E-state index contributed by atoms with van der Waals surface area (Å²) in [6.45, 7) is 1.93. The summed E-state index contributed by atoms with van der Waals surface area (Å²) in [5.74, 6) is 0.774. The molecule has 0 radical (unpaired) electrons. The van der Waals surface area contributed by atoms with Crippen molar-refractivity contribution in [1.82, 2.24) is 14.7 Å². The van der Waals surface area contributed by atoms with E-state index >= 15 is 0 Å². The number of H-pyrrole nitrogens is 1. The maximum absolute atomic E-state index is 11.7. The van der Waals surface area contributed by atoms with Crippen LogP contribution >= 0.6 is 0 Å². The first kappa shape index (κ1) is 14.4. The largest absolute Gasteiger partial charge is 0.397 e. The third-order valence-electron chi connectivity index (χ3n) is 2.90. The Hall–Kier alpha value is -2.06. The van der Waals surface area contributed by atoms with Crippen molar-refractivity contribution in [3.63, 3.8) is 0 Å². The zero-order chi connectivity index (χ0) is 14.8. The van der Waals surface area contributed by atoms with Crippen molar-refractivity contribution in [2.75, 3.05) is 18.1 Å². The minimum atomic E-state index is -3.49. The average molecular weight is 295 g/mol. The summed E-state index contributed by atoms with van der Waals surface area (Å²) < 4.78 is 25.6. The van der Waals surface area contributed by atoms with E-state index in [1.165, 1.54) is 19.2 Å². The molecule has 0 amide bonds. The molecule has 5 N–H and O–H groups in total. The fourth-order valence-electron chi connectivity index (χ4n) is 1.77. The Morgan fingerprint density at radius 3 is 2.70 bits per heavy atom. The molecule has 0 aliphatic carbocycles. The van der Waals surface area contributed by atoms with E-state index in [2.05, 4.69) is 20.0 Å². The van der Waals surface area contributed by atoms with Crippen molar-refractivity contribution >= 4 is 21.4 Å². The molecule has 1 atom stereocenters. The molecule has 2 rings (SSSR count). The van der Waals surface area contributed by atoms with Crippen molar-refractivity contribution in [2.45, 2.75) is 17.9 Å². The molecule has 20 heavy (non-hydrogen) atoms. The molecule has 0 aliphatic heterocycles. The molecule has 0 fully saturated rings. The number of hydrogen-bond acceptors (Lipinski definition) is 5. The van der Waals surface area contributed by atoms with Crippen molar-refractivity contribution in [1.29, 1.82) is 0 Å². The van der Waals surface area contributed by atoms with Crippen molar-refractivity contribution in [2.24, 2.45) is 0 Å². The minimum absolute atomic E-state index is 0.0703. The van der Waals surface area contributed by atoms with Gasteiger partial charge in [-0.25, -0.2) is 18.1 Å². The molecule has 1 unspecified atom stereocenters. The number of hydrogen-bond donors (Lipinski definition) is 4. The minimum Gasteiger partial charge on any atom is -0.397 e. The number of nitrogens with one attached hydrogen (secondary N) is 3. The number of sulfonamides is 1. The molecule has 1 heterocycles. The summed E-state index contributed by atoms with van der Waals surface area (Å²) >= 11 is 0. The van der Waals surface area contributed by atoms with E-state index in [4.69, 9.17) is 5.73 Å². The standard InChI is InChI=1S/C12H17N5O2S/c1-8(12-15-5-6-16-12)17-11-4-3-9(7-10(11)13)20(18,19)14-2/h3-8,14,17H,13H2,1-2H3,(H,15,16). The number of aromatic amines is 1. The van der Waals surface area contributed by atoms with Gasteiger partial charge in [0.25, 0.3) is 0 Å². The summed E-state index contributed by atoms with van der Waals surface area (Å²) in [6, 6.07) is 4.49. The normalized spacial score (nSPS) is 13.1. The molecule has 1 aromatic carbocycles. The first-order chi connectivity index (χ1) is 9.44. The van der Waals surface area contributed by atoms with Gasteiger partial charge in [-0.05, 0) is 32.2 Å². The van der Waals surface area contributed by atoms with Crippen LogP contribution in [0.25, 0.3) is 0 Å². The van der Waals surface area contributed by atoms with Gasteiger partial charge in [0.15, 0.2) is 0 Å². The molecule has 0 saturated heterocycles. The van der Waals surface area contributed by atoms with E-state index in [0.29, 0.717) is 11.4 Å². The van der Waals surface area contributed by atoms with Gasteiger partial charge in [0.1, 0.15) is 5.82 Å². The highest BCUT2D eigenvalue weighted by Gasteiger charge is 2.14. The highest BCUT2D eigenvalue weighted by atomic mass is 32.2. The summed E-state index contributed by atoms with van der Waals surface area (Å²) in [5.41, 5.74) is 6.91. The summed E-state index contributed by atoms with van der Waals surface area (Å²) in [4.78, 5) is 7.28. The van der Waals surface area contributed by atoms with Crippen LogP contribution in [0.2, 0.25) is 0 Å². The lowest BCUT2D eigenvalue weighted by molar-refractivity contribution is 0.588. The van der Waals surface area contributed by atoms with Crippen LogP contribution in [0, 0.1) is 0 Å². The quantitative estimate of drug-likeness (QED) is 0.616. The number of imidazole rings is 1. The Bertz CT molecular complexity index is 682. The lowest BCUT2D eigenvalue weighted by Crippen LogP contribution is -2.19. The van der Waals surface area contributed by atoms with Crippen molar-refractivity contribution in [3.8, 4) is 0 Å². The molecule has 8 heteroatoms. The Balaban J connectivity index is 2.23. The van der Waals surface area contributed by atoms with Crippen LogP contribution in [0.5, 0.6) is 0 Å². The van der Waals surface area contributed by atoms with Crippen LogP contribution < -0.4 is 15.8 Å². The van der Waals surface area contributed by atoms with Crippen LogP contribution in [0.3, 0.4) is 0 Å². The van der Waals surface area contributed by atoms with Gasteiger partial charge < -0.3 is 16.0 Å². The second kappa shape index (κ2) is 5.51. The van der Waals surface area contributed by atoms with Crippen LogP contribution in [0.15, 0.2) is 35.5 Å². The smallest absolute Gasteiger partial charge is 0.240 e. The van der Waals surface area contributed by atoms with Gasteiger partial charge in [-0.1, -0.05) is 0 Å². The van der Waals surface area contributed by atoms with Gasteiger partial charge in [-0.2, -0.15) is 0 Å². The molecule has 7 nitrogen and oxygen atoms in total. The van der Waals surface area contributed by atoms with E-state index in [1.54, 1.807) is 18.5 Å². The topological polar surface area (TPSA) is 113 Å². The predicted octanol–water partition coefficient (Wildman–Crippen LogP) is 1.07. The summed E-state index contributed by atoms with van der Waals surface area (Å²) in [5, 5.41) is 3.18. The second-order valence-electron chi connectivity index (χ2n) is 4.30. The second-order valence-corrected chi connectivity index (χ2v) is 6.18. The maximum Gasteiger partial charge on any atom is 0.240 e. The van der Waals surface area contributed by atoms with Crippen LogP contribution in [-0.4, -0.2) is 25.4 Å². The Labute approximate surface area is 117 Å². The Morgan fingerprint density at radius 2 is 2.15 bits per heavy atom. The molecule has 2 aromatic rings. The number of benzene rings is 1. The fraction of sp³-hybridized carbons (Fsp3) is 0.250. The van der Waals surface area contributed by atoms with Crippen molar-refractivity contribution < 1.29 is 8.42 Å². The van der Waals surface area contributed by atoms with E-state index < -0.39 is 10.0 Å². The van der Waals surface area contributed by atoms with Gasteiger partial charge in [-0.15, -0.1) is 0 Å². The Morgan fingerprint density at radius 1 is 1.40 bits per heavy atom. The van der Waals surface area contributed by atoms with Gasteiger partial charge in [0.05, 0.1) is 22.3 Å². The van der Waals surface area contributed by atoms with E-state index in [-0.39, 0.29) is 10.9 Å². The van der Waals surface area contributed by atoms with Gasteiger partial charge in [-0.3, -0.25) is 0 Å². The van der Waals surface area contributed by atoms with Crippen LogP contribution in [-0.2, 0) is 10.0 Å². The number of rotatable bonds is 5. The molecule has 108 valence electrons. The van der Waals surface area contributed by atoms with Gasteiger partial charge in [0, 0.05) is 12.4 Å². The van der Waals surface area contributed by atoms with E-state index in [0.717, 1.165) is 5.82 Å². The van der Waals surface area contributed by atoms with E-state index in [1.807, 2.05) is 6.92 Å². The number of nitrogens with two attached hydrogens (primary N) is 1. The molecule has 0 bridgehead atoms. The summed E-state index contributed by atoms with van der Waals surface area (Å²) in [7, 11) is -2.13. The molecule has 0 spiro atoms. The summed E-state index contributed by atoms with van der Waals surface area (Å²) in [6.07, 6.45) is 3.40. The molecular weight excluding hydrogens is 278 g/mol. The predicted molar refractivity (Wildman–Crippen MR) is 77.7 cm³/mol. The first-order valence-corrected chi connectivity index (χ1v) is 7.51. The maximum atomic E-state index is 11.7. The average Bonchev–Trinajstić information content (AvgIpc) is 2.95. The lowest BCUT2D eigenvalue weighted by atomic mass is 10.2. The SMILES string of the molecule is CNS(=O)(=O)c1ccc(NC(C)c2ncc[nH]2)c(N)c1. The van der Waals surface area contributed by atoms with Gasteiger partial charge in [0.2, 0.25) is 10.0 Å². The first-order valence-electron chi connectivity index (χ1n) is 6.03. The number of anilines is 2. The van der Waals surface area contributed by atoms with Crippen LogP contribution in [0.4, 0.5) is 11.4 Å². The Kier molecular flexibility index (Phi) is 3.96. The van der Waals surface area contributed by atoms with E-state index in [9.17, 15) is 8.42 Å². The molecular formula is C12H17N5O2S. The monoisotopic (exact) mass is 295 g/mol. The van der Waals surface area contributed by atoms with Crippen LogP contribution in [0.1, 0.15) is 18.8 Å². The molecule has 0 aliphatic rings. The third kappa shape index (κ3) is 2.91. The zero-order valence-corrected chi connectivity index (χ0v) is 12.0. The number of nitrogens with zero attached hydrogens (tertiary/aromatic N) is 1. The highest BCUT2D eigenvalue weighted by molar-refractivity contribution is 7.89. The fourth-order valence-corrected chi connectivity index (χ4v) is 2.54. The zero-order valence-electron chi connectivity index (χ0n) is 11.2. The number of aromatic nitrogens is 2. The highest BCUT2D eigenvalue weighted by Crippen LogP contribution is 2.25. The van der Waals surface area contributed by atoms with Gasteiger partial charge >= 0.3 is 0 Å². The molecule has 1 aromatic heterocycles. The number of nitrogen functional groups attached to an aromatic ring is 1. The molecule has 0 saturated carbocycles. The third-order valence-corrected chi connectivity index (χ3v) is 4.32. The van der Waals surface area contributed by atoms with Crippen molar-refractivity contribution in [3.05, 3.63) is 36.4 Å². The lowest BCUT2D eigenvalue weighted by Gasteiger charge is -2.15.